The molecule has 0 radical (unpaired) electrons. The summed E-state index contributed by atoms with van der Waals surface area (Å²) < 4.78 is 15.8. The first kappa shape index (κ1) is 17.0. The number of hydrogen-bond acceptors (Lipinski definition) is 6. The number of nitrogens with two attached hydrogens (primary N) is 1. The molecule has 4 rings (SSSR count). The number of thiophene rings is 1. The van der Waals surface area contributed by atoms with Gasteiger partial charge in [0.05, 0.1) is 10.6 Å². The van der Waals surface area contributed by atoms with Crippen LogP contribution in [-0.4, -0.2) is 19.7 Å². The molecule has 0 spiro atoms. The van der Waals surface area contributed by atoms with Gasteiger partial charge in [-0.3, -0.25) is 0 Å². The molecule has 5 nitrogen and oxygen atoms in total. The molecule has 3 heterocycles. The molecular weight excluding hydrogens is 369 g/mol. The second kappa shape index (κ2) is 7.05. The highest BCUT2D eigenvalue weighted by atomic mass is 32.2. The van der Waals surface area contributed by atoms with Crippen molar-refractivity contribution < 1.29 is 4.39 Å². The molecule has 0 atom stereocenters. The summed E-state index contributed by atoms with van der Waals surface area (Å²) in [5, 5.41) is 10.3. The van der Waals surface area contributed by atoms with Crippen molar-refractivity contribution in [2.75, 3.05) is 5.73 Å². The van der Waals surface area contributed by atoms with E-state index in [9.17, 15) is 4.39 Å². The fraction of sp³-hybridized carbons (Fsp3) is 0.167. The summed E-state index contributed by atoms with van der Waals surface area (Å²) in [4.78, 5) is 6.12. The van der Waals surface area contributed by atoms with Gasteiger partial charge in [-0.1, -0.05) is 30.0 Å². The average molecular weight is 385 g/mol. The summed E-state index contributed by atoms with van der Waals surface area (Å²) in [6.07, 6.45) is 1.75. The Morgan fingerprint density at radius 1 is 1.19 bits per heavy atom. The van der Waals surface area contributed by atoms with E-state index in [0.29, 0.717) is 23.5 Å². The lowest BCUT2D eigenvalue weighted by Gasteiger charge is -2.07. The minimum atomic E-state index is -0.206. The number of fused-ring (bicyclic) bond motifs is 1. The molecule has 26 heavy (non-hydrogen) atoms. The molecular formula is C18H16FN5S2. The standard InChI is InChI=1S/C18H16FN5S2/c1-2-24-16(15-14(20)12-7-5-9-21-17(12)26-15)22-23-18(24)25-10-11-6-3-4-8-13(11)19/h3-9H,2,10,20H2,1H3. The Labute approximate surface area is 158 Å². The molecule has 0 unspecified atom stereocenters. The van der Waals surface area contributed by atoms with Crippen molar-refractivity contribution in [2.24, 2.45) is 0 Å². The maximum Gasteiger partial charge on any atom is 0.191 e. The molecule has 1 aromatic carbocycles. The minimum Gasteiger partial charge on any atom is -0.397 e. The van der Waals surface area contributed by atoms with Gasteiger partial charge in [-0.2, -0.15) is 0 Å². The zero-order valence-corrected chi connectivity index (χ0v) is 15.6. The van der Waals surface area contributed by atoms with Gasteiger partial charge >= 0.3 is 0 Å². The van der Waals surface area contributed by atoms with E-state index in [0.717, 1.165) is 26.1 Å². The molecule has 0 saturated carbocycles. The SMILES string of the molecule is CCn1c(SCc2ccccc2F)nnc1-c1sc2ncccc2c1N. The minimum absolute atomic E-state index is 0.206. The van der Waals surface area contributed by atoms with Crippen molar-refractivity contribution in [3.8, 4) is 10.7 Å². The smallest absolute Gasteiger partial charge is 0.191 e. The number of benzene rings is 1. The van der Waals surface area contributed by atoms with Crippen LogP contribution in [0.3, 0.4) is 0 Å². The van der Waals surface area contributed by atoms with Crippen LogP contribution in [0.1, 0.15) is 12.5 Å². The Kier molecular flexibility index (Phi) is 4.60. The molecule has 0 amide bonds. The summed E-state index contributed by atoms with van der Waals surface area (Å²) in [6.45, 7) is 2.73. The molecule has 0 saturated heterocycles. The lowest BCUT2D eigenvalue weighted by molar-refractivity contribution is 0.617. The van der Waals surface area contributed by atoms with Gasteiger partial charge in [-0.15, -0.1) is 21.5 Å². The van der Waals surface area contributed by atoms with Crippen LogP contribution in [0.4, 0.5) is 10.1 Å². The Morgan fingerprint density at radius 2 is 2.04 bits per heavy atom. The Hall–Kier alpha value is -2.45. The van der Waals surface area contributed by atoms with Crippen LogP contribution in [0.15, 0.2) is 47.8 Å². The van der Waals surface area contributed by atoms with Crippen LogP contribution in [0.25, 0.3) is 20.9 Å². The second-order valence-corrected chi connectivity index (χ2v) is 7.57. The largest absolute Gasteiger partial charge is 0.397 e. The van der Waals surface area contributed by atoms with E-state index in [4.69, 9.17) is 5.73 Å². The van der Waals surface area contributed by atoms with E-state index >= 15 is 0 Å². The van der Waals surface area contributed by atoms with Crippen molar-refractivity contribution >= 4 is 39.0 Å². The van der Waals surface area contributed by atoms with E-state index < -0.39 is 0 Å². The molecule has 2 N–H and O–H groups in total. The number of aromatic nitrogens is 4. The monoisotopic (exact) mass is 385 g/mol. The van der Waals surface area contributed by atoms with Crippen molar-refractivity contribution in [2.45, 2.75) is 24.4 Å². The van der Waals surface area contributed by atoms with Gasteiger partial charge in [0.1, 0.15) is 10.6 Å². The Bertz CT molecular complexity index is 1070. The summed E-state index contributed by atoms with van der Waals surface area (Å²) in [7, 11) is 0. The van der Waals surface area contributed by atoms with Crippen LogP contribution in [-0.2, 0) is 12.3 Å². The maximum atomic E-state index is 13.8. The van der Waals surface area contributed by atoms with Crippen molar-refractivity contribution in [1.82, 2.24) is 19.7 Å². The number of thioether (sulfide) groups is 1. The molecule has 8 heteroatoms. The summed E-state index contributed by atoms with van der Waals surface area (Å²) in [5.41, 5.74) is 7.64. The van der Waals surface area contributed by atoms with E-state index in [1.165, 1.54) is 29.2 Å². The Balaban J connectivity index is 1.68. The highest BCUT2D eigenvalue weighted by Gasteiger charge is 2.20. The molecule has 3 aromatic heterocycles. The molecule has 132 valence electrons. The first-order valence-corrected chi connectivity index (χ1v) is 9.92. The molecule has 0 fully saturated rings. The van der Waals surface area contributed by atoms with Gasteiger partial charge in [-0.05, 0) is 30.7 Å². The molecule has 4 aromatic rings. The molecule has 0 aliphatic rings. The van der Waals surface area contributed by atoms with Gasteiger partial charge in [0.2, 0.25) is 0 Å². The number of hydrogen-bond donors (Lipinski definition) is 1. The lowest BCUT2D eigenvalue weighted by Crippen LogP contribution is -2.00. The molecule has 0 aliphatic heterocycles. The zero-order valence-electron chi connectivity index (χ0n) is 14.0. The van der Waals surface area contributed by atoms with Crippen LogP contribution in [0.5, 0.6) is 0 Å². The normalized spacial score (nSPS) is 11.3. The predicted octanol–water partition coefficient (Wildman–Crippen LogP) is 4.59. The van der Waals surface area contributed by atoms with Gasteiger partial charge in [-0.25, -0.2) is 9.37 Å². The van der Waals surface area contributed by atoms with E-state index in [2.05, 4.69) is 15.2 Å². The van der Waals surface area contributed by atoms with Crippen molar-refractivity contribution in [3.05, 3.63) is 54.0 Å². The van der Waals surface area contributed by atoms with Gasteiger partial charge in [0, 0.05) is 23.9 Å². The highest BCUT2D eigenvalue weighted by Crippen LogP contribution is 2.40. The van der Waals surface area contributed by atoms with Crippen LogP contribution in [0.2, 0.25) is 0 Å². The summed E-state index contributed by atoms with van der Waals surface area (Å²) in [5.74, 6) is 1.01. The van der Waals surface area contributed by atoms with E-state index in [-0.39, 0.29) is 5.82 Å². The number of anilines is 1. The van der Waals surface area contributed by atoms with E-state index in [1.807, 2.05) is 29.7 Å². The van der Waals surface area contributed by atoms with Crippen LogP contribution >= 0.6 is 23.1 Å². The number of rotatable bonds is 5. The fourth-order valence-electron chi connectivity index (χ4n) is 2.72. The Morgan fingerprint density at radius 3 is 2.81 bits per heavy atom. The molecule has 0 bridgehead atoms. The average Bonchev–Trinajstić information content (AvgIpc) is 3.22. The summed E-state index contributed by atoms with van der Waals surface area (Å²) in [6, 6.07) is 10.6. The van der Waals surface area contributed by atoms with Crippen molar-refractivity contribution in [1.29, 1.82) is 0 Å². The topological polar surface area (TPSA) is 69.6 Å². The molecule has 0 aliphatic carbocycles. The maximum absolute atomic E-state index is 13.8. The third kappa shape index (κ3) is 2.95. The number of halogens is 1. The van der Waals surface area contributed by atoms with Crippen LogP contribution < -0.4 is 5.73 Å². The highest BCUT2D eigenvalue weighted by molar-refractivity contribution is 7.98. The van der Waals surface area contributed by atoms with E-state index in [1.54, 1.807) is 18.3 Å². The lowest BCUT2D eigenvalue weighted by atomic mass is 10.2. The quantitative estimate of drug-likeness (QED) is 0.509. The van der Waals surface area contributed by atoms with Gasteiger partial charge < -0.3 is 10.3 Å². The number of nitrogens with zero attached hydrogens (tertiary/aromatic N) is 4. The third-order valence-electron chi connectivity index (χ3n) is 4.06. The van der Waals surface area contributed by atoms with Gasteiger partial charge in [0.25, 0.3) is 0 Å². The predicted molar refractivity (Wildman–Crippen MR) is 105 cm³/mol. The first-order chi connectivity index (χ1) is 12.7. The van der Waals surface area contributed by atoms with Crippen LogP contribution in [0, 0.1) is 5.82 Å². The van der Waals surface area contributed by atoms with Gasteiger partial charge in [0.15, 0.2) is 11.0 Å². The first-order valence-electron chi connectivity index (χ1n) is 8.11. The zero-order chi connectivity index (χ0) is 18.1. The summed E-state index contributed by atoms with van der Waals surface area (Å²) >= 11 is 2.97. The third-order valence-corrected chi connectivity index (χ3v) is 6.20. The second-order valence-electron chi connectivity index (χ2n) is 5.63. The number of nitrogen functional groups attached to an aromatic ring is 1. The fourth-order valence-corrected chi connectivity index (χ4v) is 4.77. The van der Waals surface area contributed by atoms with Crippen molar-refractivity contribution in [3.63, 3.8) is 0 Å². The number of pyridine rings is 1.